The van der Waals surface area contributed by atoms with Crippen LogP contribution in [0.25, 0.3) is 0 Å². The van der Waals surface area contributed by atoms with Gasteiger partial charge in [-0.25, -0.2) is 0 Å². The highest BCUT2D eigenvalue weighted by molar-refractivity contribution is 8.18. The number of thioether (sulfide) groups is 1. The van der Waals surface area contributed by atoms with Crippen LogP contribution < -0.4 is 0 Å². The first-order valence-corrected chi connectivity index (χ1v) is 7.28. The molecule has 0 aliphatic heterocycles. The lowest BCUT2D eigenvalue weighted by atomic mass is 9.80. The van der Waals surface area contributed by atoms with E-state index in [9.17, 15) is 9.59 Å². The Kier molecular flexibility index (Phi) is 4.16. The van der Waals surface area contributed by atoms with Crippen molar-refractivity contribution >= 4 is 34.3 Å². The van der Waals surface area contributed by atoms with E-state index in [-0.39, 0.29) is 16.3 Å². The van der Waals surface area contributed by atoms with Crippen LogP contribution in [-0.4, -0.2) is 10.9 Å². The van der Waals surface area contributed by atoms with Crippen molar-refractivity contribution in [2.24, 2.45) is 5.41 Å². The monoisotopic (exact) mass is 294 g/mol. The minimum Gasteiger partial charge on any atom is -0.294 e. The van der Waals surface area contributed by atoms with Crippen molar-refractivity contribution < 1.29 is 9.59 Å². The van der Waals surface area contributed by atoms with Crippen LogP contribution in [0.15, 0.2) is 35.2 Å². The van der Waals surface area contributed by atoms with Crippen molar-refractivity contribution in [1.29, 1.82) is 0 Å². The number of Topliss-reactive ketones (excluding diaryl/α,β-unsaturated/α-hetero) is 1. The SMILES string of the molecule is CC1(C)CC=C(SC(=O)c2ccccc2Cl)C(=O)C1. The molecule has 100 valence electrons. The highest BCUT2D eigenvalue weighted by Gasteiger charge is 2.29. The predicted molar refractivity (Wildman–Crippen MR) is 79.5 cm³/mol. The molecule has 2 rings (SSSR count). The van der Waals surface area contributed by atoms with E-state index >= 15 is 0 Å². The summed E-state index contributed by atoms with van der Waals surface area (Å²) >= 11 is 6.96. The Labute approximate surface area is 122 Å². The van der Waals surface area contributed by atoms with Gasteiger partial charge in [-0.15, -0.1) is 0 Å². The molecule has 1 aromatic carbocycles. The summed E-state index contributed by atoms with van der Waals surface area (Å²) in [5.74, 6) is 0.0432. The molecule has 0 amide bonds. The van der Waals surface area contributed by atoms with E-state index in [1.807, 2.05) is 6.08 Å². The maximum Gasteiger partial charge on any atom is 0.225 e. The first kappa shape index (κ1) is 14.4. The van der Waals surface area contributed by atoms with E-state index in [1.54, 1.807) is 24.3 Å². The van der Waals surface area contributed by atoms with E-state index in [4.69, 9.17) is 11.6 Å². The molecule has 0 fully saturated rings. The molecule has 1 aliphatic rings. The van der Waals surface area contributed by atoms with Gasteiger partial charge < -0.3 is 0 Å². The Hall–Kier alpha value is -1.06. The standard InChI is InChI=1S/C15H15ClO2S/c1-15(2)8-7-13(12(17)9-15)19-14(18)10-5-3-4-6-11(10)16/h3-7H,8-9H2,1-2H3. The number of halogens is 1. The number of allylic oxidation sites excluding steroid dienone is 2. The largest absolute Gasteiger partial charge is 0.294 e. The summed E-state index contributed by atoms with van der Waals surface area (Å²) in [6, 6.07) is 6.89. The molecule has 1 aromatic rings. The minimum atomic E-state index is -0.176. The van der Waals surface area contributed by atoms with Gasteiger partial charge in [-0.1, -0.05) is 43.7 Å². The summed E-state index contributed by atoms with van der Waals surface area (Å²) in [6.45, 7) is 4.11. The van der Waals surface area contributed by atoms with Crippen molar-refractivity contribution in [3.63, 3.8) is 0 Å². The topological polar surface area (TPSA) is 34.1 Å². The lowest BCUT2D eigenvalue weighted by Gasteiger charge is -2.26. The van der Waals surface area contributed by atoms with Gasteiger partial charge in [-0.2, -0.15) is 0 Å². The molecule has 0 spiro atoms. The molecule has 0 atom stereocenters. The summed E-state index contributed by atoms with van der Waals surface area (Å²) in [6.07, 6.45) is 3.17. The third-order valence-electron chi connectivity index (χ3n) is 3.05. The van der Waals surface area contributed by atoms with Gasteiger partial charge in [0.1, 0.15) is 0 Å². The number of benzene rings is 1. The molecule has 19 heavy (non-hydrogen) atoms. The van der Waals surface area contributed by atoms with E-state index < -0.39 is 0 Å². The van der Waals surface area contributed by atoms with E-state index in [0.29, 0.717) is 21.9 Å². The molecular formula is C15H15ClO2S. The fourth-order valence-corrected chi connectivity index (χ4v) is 3.07. The van der Waals surface area contributed by atoms with Crippen molar-refractivity contribution in [1.82, 2.24) is 0 Å². The Balaban J connectivity index is 2.15. The highest BCUT2D eigenvalue weighted by Crippen LogP contribution is 2.37. The van der Waals surface area contributed by atoms with Gasteiger partial charge in [-0.05, 0) is 35.7 Å². The molecular weight excluding hydrogens is 280 g/mol. The summed E-state index contributed by atoms with van der Waals surface area (Å²) in [4.78, 5) is 24.7. The first-order chi connectivity index (χ1) is 8.89. The number of carbonyl (C=O) groups excluding carboxylic acids is 2. The van der Waals surface area contributed by atoms with Gasteiger partial charge in [0.25, 0.3) is 0 Å². The fourth-order valence-electron chi connectivity index (χ4n) is 1.96. The van der Waals surface area contributed by atoms with E-state index in [1.165, 1.54) is 0 Å². The summed E-state index contributed by atoms with van der Waals surface area (Å²) < 4.78 is 0. The summed E-state index contributed by atoms with van der Waals surface area (Å²) in [7, 11) is 0. The maximum atomic E-state index is 12.1. The second kappa shape index (κ2) is 5.51. The Morgan fingerprint density at radius 3 is 2.63 bits per heavy atom. The molecule has 0 N–H and O–H groups in total. The summed E-state index contributed by atoms with van der Waals surface area (Å²) in [5, 5.41) is 0.245. The number of ketones is 1. The second-order valence-corrected chi connectivity index (χ2v) is 6.83. The van der Waals surface area contributed by atoms with Gasteiger partial charge >= 0.3 is 0 Å². The van der Waals surface area contributed by atoms with Crippen LogP contribution in [-0.2, 0) is 4.79 Å². The molecule has 2 nitrogen and oxygen atoms in total. The Morgan fingerprint density at radius 1 is 1.32 bits per heavy atom. The number of hydrogen-bond acceptors (Lipinski definition) is 3. The molecule has 1 aliphatic carbocycles. The van der Waals surface area contributed by atoms with Crippen LogP contribution in [0.5, 0.6) is 0 Å². The number of rotatable bonds is 2. The zero-order valence-corrected chi connectivity index (χ0v) is 12.5. The second-order valence-electron chi connectivity index (χ2n) is 5.41. The van der Waals surface area contributed by atoms with E-state index in [0.717, 1.165) is 18.2 Å². The van der Waals surface area contributed by atoms with Crippen LogP contribution in [0.2, 0.25) is 5.02 Å². The Bertz CT molecular complexity index is 561. The van der Waals surface area contributed by atoms with Gasteiger partial charge in [-0.3, -0.25) is 9.59 Å². The third kappa shape index (κ3) is 3.48. The van der Waals surface area contributed by atoms with Crippen LogP contribution in [0.1, 0.15) is 37.0 Å². The van der Waals surface area contributed by atoms with E-state index in [2.05, 4.69) is 13.8 Å². The lowest BCUT2D eigenvalue weighted by Crippen LogP contribution is -2.22. The molecule has 0 unspecified atom stereocenters. The molecule has 0 saturated heterocycles. The first-order valence-electron chi connectivity index (χ1n) is 6.09. The predicted octanol–water partition coefficient (Wildman–Crippen LogP) is 4.49. The number of hydrogen-bond donors (Lipinski definition) is 0. The average Bonchev–Trinajstić information content (AvgIpc) is 2.32. The van der Waals surface area contributed by atoms with Crippen LogP contribution in [0.3, 0.4) is 0 Å². The van der Waals surface area contributed by atoms with Crippen LogP contribution in [0, 0.1) is 5.41 Å². The molecule has 0 bridgehead atoms. The zero-order chi connectivity index (χ0) is 14.0. The van der Waals surface area contributed by atoms with Gasteiger partial charge in [0.05, 0.1) is 9.93 Å². The van der Waals surface area contributed by atoms with Crippen molar-refractivity contribution in [3.8, 4) is 0 Å². The van der Waals surface area contributed by atoms with Crippen molar-refractivity contribution in [2.75, 3.05) is 0 Å². The lowest BCUT2D eigenvalue weighted by molar-refractivity contribution is -0.117. The number of carbonyl (C=O) groups is 2. The maximum absolute atomic E-state index is 12.1. The normalized spacial score (nSPS) is 18.1. The Morgan fingerprint density at radius 2 is 2.00 bits per heavy atom. The highest BCUT2D eigenvalue weighted by atomic mass is 35.5. The van der Waals surface area contributed by atoms with Crippen LogP contribution >= 0.6 is 23.4 Å². The van der Waals surface area contributed by atoms with Crippen molar-refractivity contribution in [2.45, 2.75) is 26.7 Å². The minimum absolute atomic E-state index is 0.00537. The average molecular weight is 295 g/mol. The fraction of sp³-hybridized carbons (Fsp3) is 0.333. The third-order valence-corrected chi connectivity index (χ3v) is 4.40. The molecule has 0 aromatic heterocycles. The summed E-state index contributed by atoms with van der Waals surface area (Å²) in [5.41, 5.74) is 0.446. The zero-order valence-electron chi connectivity index (χ0n) is 10.9. The van der Waals surface area contributed by atoms with Gasteiger partial charge in [0.2, 0.25) is 5.12 Å². The molecule has 4 heteroatoms. The van der Waals surface area contributed by atoms with Crippen molar-refractivity contribution in [3.05, 3.63) is 45.8 Å². The molecule has 0 saturated carbocycles. The molecule has 0 radical (unpaired) electrons. The quantitative estimate of drug-likeness (QED) is 0.806. The smallest absolute Gasteiger partial charge is 0.225 e. The van der Waals surface area contributed by atoms with Gasteiger partial charge in [0.15, 0.2) is 5.78 Å². The van der Waals surface area contributed by atoms with Crippen LogP contribution in [0.4, 0.5) is 0 Å². The van der Waals surface area contributed by atoms with Gasteiger partial charge in [0, 0.05) is 12.0 Å². The molecule has 0 heterocycles.